The Morgan fingerprint density at radius 2 is 2.05 bits per heavy atom. The average molecular weight is 346 g/mol. The Morgan fingerprint density at radius 3 is 2.62 bits per heavy atom. The second kappa shape index (κ2) is 6.05. The first-order valence-electron chi connectivity index (χ1n) is 5.98. The van der Waals surface area contributed by atoms with Crippen molar-refractivity contribution >= 4 is 44.6 Å². The number of aryl methyl sites for hydroxylation is 1. The van der Waals surface area contributed by atoms with Crippen molar-refractivity contribution in [3.05, 3.63) is 45.8 Å². The molecule has 8 heteroatoms. The minimum Gasteiger partial charge on any atom is -0.478 e. The number of carbonyl (C=O) groups is 1. The van der Waals surface area contributed by atoms with E-state index in [4.69, 9.17) is 16.7 Å². The average Bonchev–Trinajstić information content (AvgIpc) is 2.87. The van der Waals surface area contributed by atoms with E-state index in [0.717, 1.165) is 22.6 Å². The van der Waals surface area contributed by atoms with Gasteiger partial charge in [0.05, 0.1) is 11.3 Å². The molecule has 0 fully saturated rings. The molecule has 0 aliphatic heterocycles. The first-order valence-corrected chi connectivity index (χ1v) is 8.65. The summed E-state index contributed by atoms with van der Waals surface area (Å²) in [6.45, 7) is 1.93. The lowest BCUT2D eigenvalue weighted by atomic mass is 10.2. The van der Waals surface area contributed by atoms with Crippen molar-refractivity contribution in [3.8, 4) is 0 Å². The van der Waals surface area contributed by atoms with Crippen molar-refractivity contribution in [2.45, 2.75) is 17.6 Å². The van der Waals surface area contributed by atoms with E-state index in [1.54, 1.807) is 6.07 Å². The molecule has 0 atom stereocenters. The number of benzene rings is 1. The monoisotopic (exact) mass is 345 g/mol. The molecule has 0 saturated carbocycles. The van der Waals surface area contributed by atoms with Crippen molar-refractivity contribution in [2.75, 3.05) is 4.72 Å². The molecule has 112 valence electrons. The number of sulfonamides is 1. The number of aromatic carboxylic acids is 1. The summed E-state index contributed by atoms with van der Waals surface area (Å²) in [7, 11) is -3.83. The quantitative estimate of drug-likeness (QED) is 0.869. The molecule has 0 radical (unpaired) electrons. The summed E-state index contributed by atoms with van der Waals surface area (Å²) in [5.41, 5.74) is -0.211. The smallest absolute Gasteiger partial charge is 0.337 e. The predicted molar refractivity (Wildman–Crippen MR) is 82.9 cm³/mol. The third-order valence-corrected chi connectivity index (χ3v) is 6.03. The van der Waals surface area contributed by atoms with E-state index >= 15 is 0 Å². The van der Waals surface area contributed by atoms with Crippen molar-refractivity contribution in [1.82, 2.24) is 0 Å². The maximum atomic E-state index is 12.3. The van der Waals surface area contributed by atoms with Gasteiger partial charge in [0, 0.05) is 9.90 Å². The first kappa shape index (κ1) is 15.8. The van der Waals surface area contributed by atoms with Gasteiger partial charge in [-0.1, -0.05) is 18.5 Å². The summed E-state index contributed by atoms with van der Waals surface area (Å²) in [6.07, 6.45) is 0.734. The number of carboxylic acid groups (broad SMARTS) is 1. The third-order valence-electron chi connectivity index (χ3n) is 2.71. The Balaban J connectivity index is 2.41. The minimum atomic E-state index is -3.83. The Morgan fingerprint density at radius 1 is 1.33 bits per heavy atom. The molecule has 0 saturated heterocycles. The zero-order valence-electron chi connectivity index (χ0n) is 11.0. The predicted octanol–water partition coefficient (Wildman–Crippen LogP) is 3.46. The van der Waals surface area contributed by atoms with Gasteiger partial charge in [0.2, 0.25) is 0 Å². The highest BCUT2D eigenvalue weighted by Crippen LogP contribution is 2.27. The minimum absolute atomic E-state index is 0.0542. The molecule has 1 aromatic carbocycles. The maximum Gasteiger partial charge on any atom is 0.337 e. The molecule has 21 heavy (non-hydrogen) atoms. The van der Waals surface area contributed by atoms with Gasteiger partial charge in [0.15, 0.2) is 0 Å². The van der Waals surface area contributed by atoms with E-state index in [9.17, 15) is 13.2 Å². The molecule has 0 amide bonds. The van der Waals surface area contributed by atoms with Gasteiger partial charge in [0.25, 0.3) is 10.0 Å². The molecule has 2 N–H and O–H groups in total. The summed E-state index contributed by atoms with van der Waals surface area (Å²) in [6, 6.07) is 7.15. The Kier molecular flexibility index (Phi) is 4.55. The van der Waals surface area contributed by atoms with Gasteiger partial charge in [-0.05, 0) is 36.8 Å². The third kappa shape index (κ3) is 3.55. The number of nitrogens with one attached hydrogen (secondary N) is 1. The van der Waals surface area contributed by atoms with Gasteiger partial charge in [-0.25, -0.2) is 13.2 Å². The maximum absolute atomic E-state index is 12.3. The highest BCUT2D eigenvalue weighted by Gasteiger charge is 2.20. The van der Waals surface area contributed by atoms with Crippen LogP contribution in [-0.4, -0.2) is 19.5 Å². The first-order chi connectivity index (χ1) is 9.83. The number of rotatable bonds is 5. The fourth-order valence-electron chi connectivity index (χ4n) is 1.68. The van der Waals surface area contributed by atoms with E-state index in [2.05, 4.69) is 4.72 Å². The number of halogens is 1. The van der Waals surface area contributed by atoms with Crippen molar-refractivity contribution in [2.24, 2.45) is 0 Å². The molecule has 2 aromatic rings. The lowest BCUT2D eigenvalue weighted by Gasteiger charge is -2.09. The van der Waals surface area contributed by atoms with Crippen molar-refractivity contribution in [3.63, 3.8) is 0 Å². The van der Waals surface area contributed by atoms with E-state index in [-0.39, 0.29) is 20.5 Å². The van der Waals surface area contributed by atoms with Crippen LogP contribution < -0.4 is 4.72 Å². The van der Waals surface area contributed by atoms with Crippen LogP contribution in [0.4, 0.5) is 5.69 Å². The lowest BCUT2D eigenvalue weighted by molar-refractivity contribution is 0.0698. The molecule has 1 heterocycles. The second-order valence-corrected chi connectivity index (χ2v) is 7.69. The molecule has 0 spiro atoms. The molecule has 2 rings (SSSR count). The Bertz CT molecular complexity index is 783. The number of carboxylic acids is 1. The van der Waals surface area contributed by atoms with Gasteiger partial charge < -0.3 is 5.11 Å². The van der Waals surface area contributed by atoms with Gasteiger partial charge in [-0.3, -0.25) is 4.72 Å². The number of anilines is 1. The normalized spacial score (nSPS) is 11.3. The van der Waals surface area contributed by atoms with Gasteiger partial charge in [-0.15, -0.1) is 11.3 Å². The van der Waals surface area contributed by atoms with Crippen LogP contribution in [0.2, 0.25) is 5.02 Å². The van der Waals surface area contributed by atoms with E-state index < -0.39 is 16.0 Å². The van der Waals surface area contributed by atoms with Crippen molar-refractivity contribution in [1.29, 1.82) is 0 Å². The van der Waals surface area contributed by atoms with Crippen LogP contribution in [0.5, 0.6) is 0 Å². The number of thiophene rings is 1. The van der Waals surface area contributed by atoms with E-state index in [0.29, 0.717) is 0 Å². The highest BCUT2D eigenvalue weighted by atomic mass is 35.5. The molecule has 0 aliphatic rings. The summed E-state index contributed by atoms with van der Waals surface area (Å²) in [4.78, 5) is 12.1. The van der Waals surface area contributed by atoms with E-state index in [1.807, 2.05) is 6.92 Å². The standard InChI is InChI=1S/C13H12ClNO4S2/c1-2-9-4-6-12(20-9)21(18,19)15-11-7-8(14)3-5-10(11)13(16)17/h3-7,15H,2H2,1H3,(H,16,17). The topological polar surface area (TPSA) is 83.5 Å². The number of hydrogen-bond donors (Lipinski definition) is 2. The van der Waals surface area contributed by atoms with Crippen LogP contribution in [0.15, 0.2) is 34.5 Å². The lowest BCUT2D eigenvalue weighted by Crippen LogP contribution is -2.14. The Labute approximate surface area is 131 Å². The summed E-state index contributed by atoms with van der Waals surface area (Å²) < 4.78 is 27.0. The van der Waals surface area contributed by atoms with Crippen LogP contribution in [0, 0.1) is 0 Å². The summed E-state index contributed by atoms with van der Waals surface area (Å²) in [5.74, 6) is -1.23. The summed E-state index contributed by atoms with van der Waals surface area (Å²) >= 11 is 6.94. The molecule has 1 aromatic heterocycles. The zero-order chi connectivity index (χ0) is 15.6. The fraction of sp³-hybridized carbons (Fsp3) is 0.154. The van der Waals surface area contributed by atoms with Crippen LogP contribution in [0.3, 0.4) is 0 Å². The fourth-order valence-corrected chi connectivity index (χ4v) is 4.21. The largest absolute Gasteiger partial charge is 0.478 e. The van der Waals surface area contributed by atoms with Crippen LogP contribution in [-0.2, 0) is 16.4 Å². The van der Waals surface area contributed by atoms with Crippen LogP contribution in [0.25, 0.3) is 0 Å². The number of hydrogen-bond acceptors (Lipinski definition) is 4. The molecular weight excluding hydrogens is 334 g/mol. The molecule has 5 nitrogen and oxygen atoms in total. The van der Waals surface area contributed by atoms with Crippen LogP contribution in [0.1, 0.15) is 22.2 Å². The SMILES string of the molecule is CCc1ccc(S(=O)(=O)Nc2cc(Cl)ccc2C(=O)O)s1. The van der Waals surface area contributed by atoms with Gasteiger partial charge in [-0.2, -0.15) is 0 Å². The summed E-state index contributed by atoms with van der Waals surface area (Å²) in [5, 5.41) is 9.34. The molecule has 0 bridgehead atoms. The Hall–Kier alpha value is -1.57. The van der Waals surface area contributed by atoms with Crippen molar-refractivity contribution < 1.29 is 18.3 Å². The molecule has 0 unspecified atom stereocenters. The molecular formula is C13H12ClNO4S2. The van der Waals surface area contributed by atoms with Gasteiger partial charge in [0.1, 0.15) is 4.21 Å². The second-order valence-electron chi connectivity index (χ2n) is 4.17. The van der Waals surface area contributed by atoms with E-state index in [1.165, 1.54) is 24.3 Å². The van der Waals surface area contributed by atoms with Crippen LogP contribution >= 0.6 is 22.9 Å². The zero-order valence-corrected chi connectivity index (χ0v) is 13.3. The van der Waals surface area contributed by atoms with Gasteiger partial charge >= 0.3 is 5.97 Å². The molecule has 0 aliphatic carbocycles. The highest BCUT2D eigenvalue weighted by molar-refractivity contribution is 7.94.